The van der Waals surface area contributed by atoms with Crippen molar-refractivity contribution in [2.75, 3.05) is 6.54 Å². The average molecular weight is 344 g/mol. The lowest BCUT2D eigenvalue weighted by molar-refractivity contribution is 0.158. The molecule has 8 heteroatoms. The highest BCUT2D eigenvalue weighted by molar-refractivity contribution is 7.89. The zero-order chi connectivity index (χ0) is 15.9. The maximum absolute atomic E-state index is 13.0. The SMILES string of the molecule is CC(O)CC1CCCN1S(=O)(=O)c1c[nH]c2nccc(Cl)c12. The van der Waals surface area contributed by atoms with E-state index in [0.29, 0.717) is 29.0 Å². The van der Waals surface area contributed by atoms with Crippen molar-refractivity contribution in [2.24, 2.45) is 0 Å². The van der Waals surface area contributed by atoms with E-state index < -0.39 is 16.1 Å². The number of nitrogens with one attached hydrogen (secondary N) is 1. The van der Waals surface area contributed by atoms with Gasteiger partial charge in [-0.2, -0.15) is 4.31 Å². The van der Waals surface area contributed by atoms with Crippen molar-refractivity contribution in [3.05, 3.63) is 23.5 Å². The van der Waals surface area contributed by atoms with Gasteiger partial charge in [-0.1, -0.05) is 11.6 Å². The molecule has 3 rings (SSSR count). The van der Waals surface area contributed by atoms with Crippen molar-refractivity contribution in [1.29, 1.82) is 0 Å². The Kier molecular flexibility index (Phi) is 4.15. The van der Waals surface area contributed by atoms with E-state index in [-0.39, 0.29) is 10.9 Å². The maximum Gasteiger partial charge on any atom is 0.245 e. The van der Waals surface area contributed by atoms with Gasteiger partial charge in [0.05, 0.1) is 16.5 Å². The van der Waals surface area contributed by atoms with Gasteiger partial charge >= 0.3 is 0 Å². The molecule has 6 nitrogen and oxygen atoms in total. The molecule has 2 N–H and O–H groups in total. The van der Waals surface area contributed by atoms with E-state index in [2.05, 4.69) is 9.97 Å². The molecule has 1 fully saturated rings. The first-order chi connectivity index (χ1) is 10.4. The number of rotatable bonds is 4. The minimum Gasteiger partial charge on any atom is -0.393 e. The number of fused-ring (bicyclic) bond motifs is 1. The van der Waals surface area contributed by atoms with E-state index in [4.69, 9.17) is 11.6 Å². The highest BCUT2D eigenvalue weighted by Gasteiger charge is 2.37. The van der Waals surface area contributed by atoms with Crippen LogP contribution in [0, 0.1) is 0 Å². The first-order valence-electron chi connectivity index (χ1n) is 7.22. The molecule has 3 heterocycles. The Bertz CT molecular complexity index is 788. The van der Waals surface area contributed by atoms with Crippen LogP contribution in [0.1, 0.15) is 26.2 Å². The van der Waals surface area contributed by atoms with Gasteiger partial charge < -0.3 is 10.1 Å². The molecule has 0 spiro atoms. The van der Waals surface area contributed by atoms with E-state index in [9.17, 15) is 13.5 Å². The number of aliphatic hydroxyl groups excluding tert-OH is 1. The number of sulfonamides is 1. The molecule has 0 amide bonds. The summed E-state index contributed by atoms with van der Waals surface area (Å²) in [6, 6.07) is 1.40. The lowest BCUT2D eigenvalue weighted by atomic mass is 10.1. The molecule has 1 saturated heterocycles. The lowest BCUT2D eigenvalue weighted by Gasteiger charge is -2.24. The van der Waals surface area contributed by atoms with Gasteiger partial charge in [0.15, 0.2) is 0 Å². The summed E-state index contributed by atoms with van der Waals surface area (Å²) in [7, 11) is -3.67. The molecule has 2 unspecified atom stereocenters. The van der Waals surface area contributed by atoms with Crippen LogP contribution < -0.4 is 0 Å². The molecule has 0 radical (unpaired) electrons. The number of hydrogen-bond donors (Lipinski definition) is 2. The van der Waals surface area contributed by atoms with Gasteiger partial charge in [-0.25, -0.2) is 13.4 Å². The molecule has 1 aliphatic rings. The Morgan fingerprint density at radius 2 is 2.36 bits per heavy atom. The van der Waals surface area contributed by atoms with E-state index in [1.165, 1.54) is 16.7 Å². The fraction of sp³-hybridized carbons (Fsp3) is 0.500. The summed E-state index contributed by atoms with van der Waals surface area (Å²) in [5, 5.41) is 10.4. The van der Waals surface area contributed by atoms with Crippen LogP contribution in [-0.2, 0) is 10.0 Å². The topological polar surface area (TPSA) is 86.3 Å². The quantitative estimate of drug-likeness (QED) is 0.890. The standard InChI is InChI=1S/C14H18ClN3O3S/c1-9(19)7-10-3-2-6-18(10)22(20,21)12-8-17-14-13(12)11(15)4-5-16-14/h4-5,8-10,19H,2-3,6-7H2,1H3,(H,16,17). The van der Waals surface area contributed by atoms with Gasteiger partial charge in [-0.05, 0) is 32.3 Å². The summed E-state index contributed by atoms with van der Waals surface area (Å²) in [5.74, 6) is 0. The summed E-state index contributed by atoms with van der Waals surface area (Å²) in [5.41, 5.74) is 0.456. The lowest BCUT2D eigenvalue weighted by Crippen LogP contribution is -2.37. The van der Waals surface area contributed by atoms with Gasteiger partial charge in [0.2, 0.25) is 10.0 Å². The van der Waals surface area contributed by atoms with Crippen LogP contribution in [0.15, 0.2) is 23.4 Å². The van der Waals surface area contributed by atoms with Crippen molar-refractivity contribution in [2.45, 2.75) is 43.2 Å². The Labute approximate surface area is 134 Å². The minimum atomic E-state index is -3.67. The monoisotopic (exact) mass is 343 g/mol. The number of pyridine rings is 1. The maximum atomic E-state index is 13.0. The van der Waals surface area contributed by atoms with Gasteiger partial charge in [0.25, 0.3) is 0 Å². The largest absolute Gasteiger partial charge is 0.393 e. The normalized spacial score (nSPS) is 21.5. The van der Waals surface area contributed by atoms with E-state index in [1.54, 1.807) is 13.0 Å². The molecule has 1 aliphatic heterocycles. The molecular weight excluding hydrogens is 326 g/mol. The van der Waals surface area contributed by atoms with Crippen LogP contribution in [0.25, 0.3) is 11.0 Å². The zero-order valence-corrected chi connectivity index (χ0v) is 13.7. The van der Waals surface area contributed by atoms with Crippen LogP contribution in [0.3, 0.4) is 0 Å². The van der Waals surface area contributed by atoms with Crippen molar-refractivity contribution >= 4 is 32.7 Å². The highest BCUT2D eigenvalue weighted by atomic mass is 35.5. The summed E-state index contributed by atoms with van der Waals surface area (Å²) in [6.45, 7) is 2.14. The first kappa shape index (κ1) is 15.7. The Balaban J connectivity index is 2.05. The summed E-state index contributed by atoms with van der Waals surface area (Å²) in [6.07, 6.45) is 4.44. The van der Waals surface area contributed by atoms with Crippen molar-refractivity contribution in [3.63, 3.8) is 0 Å². The second kappa shape index (κ2) is 5.81. The van der Waals surface area contributed by atoms with Crippen LogP contribution >= 0.6 is 11.6 Å². The number of nitrogens with zero attached hydrogens (tertiary/aromatic N) is 2. The van der Waals surface area contributed by atoms with Crippen molar-refractivity contribution in [3.8, 4) is 0 Å². The second-order valence-electron chi connectivity index (χ2n) is 5.67. The average Bonchev–Trinajstić information content (AvgIpc) is 3.05. The number of aromatic amines is 1. The fourth-order valence-electron chi connectivity index (χ4n) is 3.07. The van der Waals surface area contributed by atoms with Gasteiger partial charge in [0, 0.05) is 25.0 Å². The second-order valence-corrected chi connectivity index (χ2v) is 7.93. The minimum absolute atomic E-state index is 0.151. The van der Waals surface area contributed by atoms with Crippen LogP contribution in [0.2, 0.25) is 5.02 Å². The summed E-state index contributed by atoms with van der Waals surface area (Å²) >= 11 is 6.15. The van der Waals surface area contributed by atoms with Gasteiger partial charge in [-0.15, -0.1) is 0 Å². The molecule has 22 heavy (non-hydrogen) atoms. The van der Waals surface area contributed by atoms with E-state index in [1.807, 2.05) is 0 Å². The smallest absolute Gasteiger partial charge is 0.245 e. The highest BCUT2D eigenvalue weighted by Crippen LogP contribution is 2.34. The molecule has 0 aromatic carbocycles. The van der Waals surface area contributed by atoms with Crippen LogP contribution in [0.4, 0.5) is 0 Å². The van der Waals surface area contributed by atoms with Crippen LogP contribution in [-0.4, -0.2) is 46.5 Å². The van der Waals surface area contributed by atoms with E-state index in [0.717, 1.165) is 12.8 Å². The first-order valence-corrected chi connectivity index (χ1v) is 9.04. The Morgan fingerprint density at radius 1 is 1.59 bits per heavy atom. The molecule has 0 aliphatic carbocycles. The third-order valence-corrected chi connectivity index (χ3v) is 6.30. The summed E-state index contributed by atoms with van der Waals surface area (Å²) in [4.78, 5) is 7.12. The molecule has 0 saturated carbocycles. The number of aliphatic hydroxyl groups is 1. The Hall–Kier alpha value is -1.15. The van der Waals surface area contributed by atoms with Gasteiger partial charge in [-0.3, -0.25) is 0 Å². The Morgan fingerprint density at radius 3 is 3.09 bits per heavy atom. The number of aromatic nitrogens is 2. The summed E-state index contributed by atoms with van der Waals surface area (Å²) < 4.78 is 27.5. The third-order valence-electron chi connectivity index (χ3n) is 4.01. The molecular formula is C14H18ClN3O3S. The molecule has 2 aromatic rings. The predicted octanol–water partition coefficient (Wildman–Crippen LogP) is 2.14. The molecule has 2 atom stereocenters. The third kappa shape index (κ3) is 2.62. The van der Waals surface area contributed by atoms with E-state index >= 15 is 0 Å². The molecule has 0 bridgehead atoms. The zero-order valence-electron chi connectivity index (χ0n) is 12.2. The fourth-order valence-corrected chi connectivity index (χ4v) is 5.26. The number of hydrogen-bond acceptors (Lipinski definition) is 4. The predicted molar refractivity (Wildman–Crippen MR) is 84.3 cm³/mol. The van der Waals surface area contributed by atoms with Crippen molar-refractivity contribution in [1.82, 2.24) is 14.3 Å². The molecule has 120 valence electrons. The molecule has 2 aromatic heterocycles. The van der Waals surface area contributed by atoms with Gasteiger partial charge in [0.1, 0.15) is 10.5 Å². The van der Waals surface area contributed by atoms with Crippen LogP contribution in [0.5, 0.6) is 0 Å². The number of H-pyrrole nitrogens is 1. The van der Waals surface area contributed by atoms with Crippen molar-refractivity contribution < 1.29 is 13.5 Å². The number of halogens is 1.